The zero-order chi connectivity index (χ0) is 21.4. The van der Waals surface area contributed by atoms with E-state index in [0.29, 0.717) is 4.96 Å². The minimum absolute atomic E-state index is 0.0964. The van der Waals surface area contributed by atoms with Crippen molar-refractivity contribution in [3.63, 3.8) is 0 Å². The van der Waals surface area contributed by atoms with Crippen LogP contribution in [0.1, 0.15) is 16.5 Å². The number of piperazine rings is 1. The number of benzene rings is 2. The molecule has 160 valence electrons. The molecule has 31 heavy (non-hydrogen) atoms. The van der Waals surface area contributed by atoms with Crippen LogP contribution in [0.5, 0.6) is 11.6 Å². The lowest BCUT2D eigenvalue weighted by molar-refractivity contribution is 0.211. The maximum atomic E-state index is 10.9. The number of aromatic hydroxyl groups is 1. The SMILES string of the molecule is COc1ccc(C(c2sc3ncnn3c2O)N2CCN(c3cccc(Cl)c3)CC2)cc1. The van der Waals surface area contributed by atoms with Crippen LogP contribution in [0, 0.1) is 0 Å². The largest absolute Gasteiger partial charge is 0.497 e. The molecule has 2 aromatic heterocycles. The molecule has 1 atom stereocenters. The number of fused-ring (bicyclic) bond motifs is 1. The van der Waals surface area contributed by atoms with Gasteiger partial charge >= 0.3 is 0 Å². The molecule has 0 amide bonds. The molecule has 1 unspecified atom stereocenters. The van der Waals surface area contributed by atoms with E-state index in [2.05, 4.69) is 38.1 Å². The van der Waals surface area contributed by atoms with Crippen LogP contribution in [-0.2, 0) is 0 Å². The highest BCUT2D eigenvalue weighted by Gasteiger charge is 2.31. The van der Waals surface area contributed by atoms with Gasteiger partial charge in [0, 0.05) is 36.9 Å². The predicted molar refractivity (Wildman–Crippen MR) is 123 cm³/mol. The molecule has 9 heteroatoms. The first-order chi connectivity index (χ1) is 15.1. The Kier molecular flexibility index (Phi) is 5.43. The van der Waals surface area contributed by atoms with E-state index in [-0.39, 0.29) is 11.9 Å². The Balaban J connectivity index is 1.46. The minimum atomic E-state index is -0.0964. The number of nitrogens with zero attached hydrogens (tertiary/aromatic N) is 5. The summed E-state index contributed by atoms with van der Waals surface area (Å²) in [5, 5.41) is 15.8. The van der Waals surface area contributed by atoms with Gasteiger partial charge in [-0.1, -0.05) is 41.1 Å². The van der Waals surface area contributed by atoms with Crippen LogP contribution < -0.4 is 9.64 Å². The topological polar surface area (TPSA) is 66.1 Å². The smallest absolute Gasteiger partial charge is 0.230 e. The highest BCUT2D eigenvalue weighted by atomic mass is 35.5. The van der Waals surface area contributed by atoms with Crippen LogP contribution >= 0.6 is 22.9 Å². The van der Waals surface area contributed by atoms with E-state index < -0.39 is 0 Å². The first-order valence-corrected chi connectivity index (χ1v) is 11.2. The highest BCUT2D eigenvalue weighted by Crippen LogP contribution is 2.40. The summed E-state index contributed by atoms with van der Waals surface area (Å²) in [7, 11) is 1.66. The van der Waals surface area contributed by atoms with Crippen LogP contribution in [0.25, 0.3) is 4.96 Å². The summed E-state index contributed by atoms with van der Waals surface area (Å²) in [4.78, 5) is 10.5. The molecular weight excluding hydrogens is 434 g/mol. The number of hydrogen-bond acceptors (Lipinski definition) is 7. The third-order valence-corrected chi connectivity index (χ3v) is 6.99. The molecule has 0 spiro atoms. The number of ether oxygens (including phenoxy) is 1. The first kappa shape index (κ1) is 20.1. The summed E-state index contributed by atoms with van der Waals surface area (Å²) in [6.45, 7) is 3.43. The monoisotopic (exact) mass is 455 g/mol. The molecule has 0 radical (unpaired) electrons. The van der Waals surface area contributed by atoms with Crippen LogP contribution in [0.3, 0.4) is 0 Å². The number of methoxy groups -OCH3 is 1. The molecule has 5 rings (SSSR count). The molecule has 1 aliphatic rings. The van der Waals surface area contributed by atoms with Crippen molar-refractivity contribution in [2.45, 2.75) is 6.04 Å². The fourth-order valence-corrected chi connectivity index (χ4v) is 5.37. The van der Waals surface area contributed by atoms with E-state index >= 15 is 0 Å². The number of aromatic nitrogens is 3. The summed E-state index contributed by atoms with van der Waals surface area (Å²) in [6.07, 6.45) is 1.46. The number of anilines is 1. The van der Waals surface area contributed by atoms with E-state index in [9.17, 15) is 5.11 Å². The van der Waals surface area contributed by atoms with Gasteiger partial charge in [-0.25, -0.2) is 4.98 Å². The average Bonchev–Trinajstić information content (AvgIpc) is 3.38. The van der Waals surface area contributed by atoms with Crippen molar-refractivity contribution in [1.29, 1.82) is 0 Å². The van der Waals surface area contributed by atoms with Gasteiger partial charge in [0.1, 0.15) is 12.1 Å². The Labute approximate surface area is 189 Å². The van der Waals surface area contributed by atoms with Gasteiger partial charge in [0.05, 0.1) is 18.0 Å². The fourth-order valence-electron chi connectivity index (χ4n) is 4.10. The molecule has 1 N–H and O–H groups in total. The van der Waals surface area contributed by atoms with Crippen molar-refractivity contribution in [1.82, 2.24) is 19.5 Å². The van der Waals surface area contributed by atoms with Crippen molar-refractivity contribution in [3.05, 3.63) is 70.3 Å². The maximum absolute atomic E-state index is 10.9. The van der Waals surface area contributed by atoms with Crippen molar-refractivity contribution < 1.29 is 9.84 Å². The van der Waals surface area contributed by atoms with Crippen LogP contribution in [0.15, 0.2) is 54.9 Å². The third kappa shape index (κ3) is 3.82. The molecule has 1 saturated heterocycles. The minimum Gasteiger partial charge on any atom is -0.497 e. The molecule has 0 bridgehead atoms. The van der Waals surface area contributed by atoms with Gasteiger partial charge in [-0.15, -0.1) is 0 Å². The summed E-state index contributed by atoms with van der Waals surface area (Å²) in [5.41, 5.74) is 2.23. The van der Waals surface area contributed by atoms with E-state index in [1.54, 1.807) is 7.11 Å². The van der Waals surface area contributed by atoms with Gasteiger partial charge in [-0.05, 0) is 35.9 Å². The molecule has 1 aliphatic heterocycles. The van der Waals surface area contributed by atoms with Crippen LogP contribution in [0.4, 0.5) is 5.69 Å². The second-order valence-corrected chi connectivity index (χ2v) is 8.87. The van der Waals surface area contributed by atoms with E-state index in [4.69, 9.17) is 16.3 Å². The van der Waals surface area contributed by atoms with Gasteiger partial charge in [0.25, 0.3) is 0 Å². The fraction of sp³-hybridized carbons (Fsp3) is 0.273. The second-order valence-electron chi connectivity index (χ2n) is 7.42. The van der Waals surface area contributed by atoms with Gasteiger partial charge in [-0.3, -0.25) is 4.90 Å². The lowest BCUT2D eigenvalue weighted by atomic mass is 10.0. The molecule has 3 heterocycles. The van der Waals surface area contributed by atoms with Crippen molar-refractivity contribution in [2.24, 2.45) is 0 Å². The quantitative estimate of drug-likeness (QED) is 0.489. The Morgan fingerprint density at radius 3 is 2.55 bits per heavy atom. The average molecular weight is 456 g/mol. The number of hydrogen-bond donors (Lipinski definition) is 1. The van der Waals surface area contributed by atoms with Crippen molar-refractivity contribution in [2.75, 3.05) is 38.2 Å². The third-order valence-electron chi connectivity index (χ3n) is 5.67. The Morgan fingerprint density at radius 2 is 1.87 bits per heavy atom. The highest BCUT2D eigenvalue weighted by molar-refractivity contribution is 7.17. The van der Waals surface area contributed by atoms with E-state index in [1.165, 1.54) is 22.2 Å². The molecule has 2 aromatic carbocycles. The molecule has 4 aromatic rings. The van der Waals surface area contributed by atoms with Crippen LogP contribution in [0.2, 0.25) is 5.02 Å². The second kappa shape index (κ2) is 8.37. The first-order valence-electron chi connectivity index (χ1n) is 10.0. The van der Waals surface area contributed by atoms with Crippen molar-refractivity contribution >= 4 is 33.6 Å². The molecule has 1 fully saturated rings. The van der Waals surface area contributed by atoms with Gasteiger partial charge < -0.3 is 14.7 Å². The summed E-state index contributed by atoms with van der Waals surface area (Å²) < 4.78 is 6.83. The zero-order valence-electron chi connectivity index (χ0n) is 17.0. The zero-order valence-corrected chi connectivity index (χ0v) is 18.6. The Hall–Kier alpha value is -2.81. The number of rotatable bonds is 5. The van der Waals surface area contributed by atoms with E-state index in [1.807, 2.05) is 30.3 Å². The molecule has 0 aliphatic carbocycles. The Morgan fingerprint density at radius 1 is 1.10 bits per heavy atom. The molecule has 0 saturated carbocycles. The normalized spacial score (nSPS) is 16.0. The van der Waals surface area contributed by atoms with Crippen LogP contribution in [-0.4, -0.2) is 57.9 Å². The number of halogens is 1. The predicted octanol–water partition coefficient (Wildman–Crippen LogP) is 4.07. The van der Waals surface area contributed by atoms with Gasteiger partial charge in [0.15, 0.2) is 0 Å². The lowest BCUT2D eigenvalue weighted by Gasteiger charge is -2.40. The standard InChI is InChI=1S/C22H22ClN5O2S/c1-30-18-7-5-15(6-8-18)19(20-21(29)28-22(31-20)24-14-25-28)27-11-9-26(10-12-27)17-4-2-3-16(23)13-17/h2-8,13-14,19,29H,9-12H2,1H3. The Bertz CT molecular complexity index is 1180. The lowest BCUT2D eigenvalue weighted by Crippen LogP contribution is -2.47. The van der Waals surface area contributed by atoms with Gasteiger partial charge in [-0.2, -0.15) is 9.61 Å². The summed E-state index contributed by atoms with van der Waals surface area (Å²) in [6, 6.07) is 15.9. The summed E-state index contributed by atoms with van der Waals surface area (Å²) >= 11 is 7.66. The number of thiazole rings is 1. The van der Waals surface area contributed by atoms with Crippen molar-refractivity contribution in [3.8, 4) is 11.6 Å². The maximum Gasteiger partial charge on any atom is 0.230 e. The molecular formula is C22H22ClN5O2S. The van der Waals surface area contributed by atoms with E-state index in [0.717, 1.165) is 53.1 Å². The van der Waals surface area contributed by atoms with Gasteiger partial charge in [0.2, 0.25) is 10.8 Å². The molecule has 7 nitrogen and oxygen atoms in total. The summed E-state index contributed by atoms with van der Waals surface area (Å²) in [5.74, 6) is 0.954.